The van der Waals surface area contributed by atoms with E-state index in [0.717, 1.165) is 39.8 Å². The molecule has 0 radical (unpaired) electrons. The van der Waals surface area contributed by atoms with Crippen LogP contribution in [0.15, 0.2) is 66.9 Å². The summed E-state index contributed by atoms with van der Waals surface area (Å²) in [7, 11) is 1.67. The summed E-state index contributed by atoms with van der Waals surface area (Å²) in [6, 6.07) is 19.7. The predicted octanol–water partition coefficient (Wildman–Crippen LogP) is 4.34. The lowest BCUT2D eigenvalue weighted by Crippen LogP contribution is -2.15. The van der Waals surface area contributed by atoms with Crippen LogP contribution in [-0.2, 0) is 0 Å². The van der Waals surface area contributed by atoms with Gasteiger partial charge in [0, 0.05) is 17.8 Å². The number of nitrogens with one attached hydrogen (secondary N) is 1. The van der Waals surface area contributed by atoms with E-state index in [9.17, 15) is 0 Å². The van der Waals surface area contributed by atoms with Gasteiger partial charge in [-0.2, -0.15) is 4.80 Å². The van der Waals surface area contributed by atoms with Gasteiger partial charge in [0.05, 0.1) is 19.4 Å². The van der Waals surface area contributed by atoms with Crippen molar-refractivity contribution < 1.29 is 9.47 Å². The van der Waals surface area contributed by atoms with Crippen LogP contribution in [0.2, 0.25) is 0 Å². The van der Waals surface area contributed by atoms with Gasteiger partial charge in [0.1, 0.15) is 17.2 Å². The number of pyridine rings is 1. The first-order valence-corrected chi connectivity index (χ1v) is 8.76. The van der Waals surface area contributed by atoms with Crippen LogP contribution in [-0.4, -0.2) is 33.7 Å². The molecule has 4 aromatic rings. The highest BCUT2D eigenvalue weighted by molar-refractivity contribution is 5.73. The summed E-state index contributed by atoms with van der Waals surface area (Å²) in [4.78, 5) is 5.98. The molecular weight excluding hydrogens is 340 g/mol. The van der Waals surface area contributed by atoms with E-state index in [4.69, 9.17) is 9.47 Å². The van der Waals surface area contributed by atoms with Crippen molar-refractivity contribution in [1.29, 1.82) is 0 Å². The molecule has 0 amide bonds. The van der Waals surface area contributed by atoms with Crippen LogP contribution in [0.5, 0.6) is 11.5 Å². The highest BCUT2D eigenvalue weighted by Crippen LogP contribution is 2.33. The predicted molar refractivity (Wildman–Crippen MR) is 104 cm³/mol. The number of aromatic nitrogens is 4. The number of rotatable bonds is 6. The molecule has 6 nitrogen and oxygen atoms in total. The Morgan fingerprint density at radius 1 is 1.04 bits per heavy atom. The lowest BCUT2D eigenvalue weighted by Gasteiger charge is -2.16. The smallest absolute Gasteiger partial charge is 0.194 e. The van der Waals surface area contributed by atoms with Crippen molar-refractivity contribution in [3.63, 3.8) is 0 Å². The van der Waals surface area contributed by atoms with Gasteiger partial charge in [-0.1, -0.05) is 18.2 Å². The third kappa shape index (κ3) is 3.42. The van der Waals surface area contributed by atoms with Gasteiger partial charge in [0.2, 0.25) is 0 Å². The van der Waals surface area contributed by atoms with E-state index in [2.05, 4.69) is 15.2 Å². The molecule has 0 aliphatic carbocycles. The number of methoxy groups -OCH3 is 1. The zero-order valence-electron chi connectivity index (χ0n) is 15.2. The standard InChI is InChI=1S/C21H20N4O2/c1-3-27-17-8-6-7-15(13-17)18-11-10-16(14-20(18)26-2)25-23-21(24-25)19-9-4-5-12-22-19/h4-14H,3H2,1-2H3,(H,23,24). The minimum Gasteiger partial charge on any atom is -0.496 e. The van der Waals surface area contributed by atoms with E-state index in [0.29, 0.717) is 6.61 Å². The van der Waals surface area contributed by atoms with E-state index in [-0.39, 0.29) is 0 Å². The number of aromatic amines is 1. The fourth-order valence-corrected chi connectivity index (χ4v) is 2.91. The second-order valence-electron chi connectivity index (χ2n) is 5.93. The maximum Gasteiger partial charge on any atom is 0.194 e. The van der Waals surface area contributed by atoms with Gasteiger partial charge in [-0.25, -0.2) is 0 Å². The third-order valence-electron chi connectivity index (χ3n) is 4.21. The molecule has 136 valence electrons. The number of ether oxygens (including phenoxy) is 2. The molecule has 0 saturated heterocycles. The first kappa shape index (κ1) is 16.9. The van der Waals surface area contributed by atoms with Crippen molar-refractivity contribution in [1.82, 2.24) is 20.0 Å². The molecule has 0 aliphatic rings. The summed E-state index contributed by atoms with van der Waals surface area (Å²) in [6.07, 6.45) is 1.75. The fourth-order valence-electron chi connectivity index (χ4n) is 2.91. The van der Waals surface area contributed by atoms with E-state index >= 15 is 0 Å². The normalized spacial score (nSPS) is 10.7. The van der Waals surface area contributed by atoms with E-state index in [1.807, 2.05) is 67.6 Å². The van der Waals surface area contributed by atoms with Gasteiger partial charge < -0.3 is 9.47 Å². The van der Waals surface area contributed by atoms with Crippen LogP contribution in [0.3, 0.4) is 0 Å². The molecule has 1 N–H and O–H groups in total. The molecule has 0 unspecified atom stereocenters. The van der Waals surface area contributed by atoms with Crippen LogP contribution in [0, 0.1) is 0 Å². The highest BCUT2D eigenvalue weighted by atomic mass is 16.5. The van der Waals surface area contributed by atoms with Crippen molar-refractivity contribution in [2.24, 2.45) is 0 Å². The number of H-pyrrole nitrogens is 1. The van der Waals surface area contributed by atoms with E-state index < -0.39 is 0 Å². The molecule has 2 aromatic heterocycles. The van der Waals surface area contributed by atoms with Gasteiger partial charge in [0.25, 0.3) is 0 Å². The number of hydrogen-bond acceptors (Lipinski definition) is 4. The summed E-state index contributed by atoms with van der Waals surface area (Å²) in [6.45, 7) is 2.61. The van der Waals surface area contributed by atoms with Gasteiger partial charge in [0.15, 0.2) is 5.82 Å². The van der Waals surface area contributed by atoms with Crippen LogP contribution in [0.4, 0.5) is 0 Å². The summed E-state index contributed by atoms with van der Waals surface area (Å²) < 4.78 is 11.2. The van der Waals surface area contributed by atoms with Gasteiger partial charge in [-0.15, -0.1) is 5.10 Å². The van der Waals surface area contributed by atoms with E-state index in [1.54, 1.807) is 18.1 Å². The minimum absolute atomic E-state index is 0.636. The summed E-state index contributed by atoms with van der Waals surface area (Å²) in [5.74, 6) is 2.35. The maximum atomic E-state index is 5.61. The average Bonchev–Trinajstić information content (AvgIpc) is 2.68. The molecule has 27 heavy (non-hydrogen) atoms. The number of nitrogens with zero attached hydrogens (tertiary/aromatic N) is 3. The molecule has 0 saturated carbocycles. The molecule has 6 heteroatoms. The first-order chi connectivity index (χ1) is 13.3. The Labute approximate surface area is 157 Å². The van der Waals surface area contributed by atoms with Crippen LogP contribution >= 0.6 is 0 Å². The molecular formula is C21H20N4O2. The summed E-state index contributed by atoms with van der Waals surface area (Å²) in [5.41, 5.74) is 3.73. The second-order valence-corrected chi connectivity index (χ2v) is 5.93. The zero-order chi connectivity index (χ0) is 18.6. The van der Waals surface area contributed by atoms with E-state index in [1.165, 1.54) is 0 Å². The molecule has 2 aromatic carbocycles. The fraction of sp³-hybridized carbons (Fsp3) is 0.143. The summed E-state index contributed by atoms with van der Waals surface area (Å²) >= 11 is 0. The monoisotopic (exact) mass is 360 g/mol. The Hall–Kier alpha value is -3.54. The zero-order valence-corrected chi connectivity index (χ0v) is 15.2. The lowest BCUT2D eigenvalue weighted by atomic mass is 10.0. The number of benzene rings is 2. The van der Waals surface area contributed by atoms with Gasteiger partial charge in [-0.05, 0) is 48.9 Å². The lowest BCUT2D eigenvalue weighted by molar-refractivity contribution is 0.340. The Kier molecular flexibility index (Phi) is 4.61. The SMILES string of the molecule is CCOc1cccc(-c2ccc(-n3nc(-c4ccccn4)[nH]3)cc2OC)c1. The van der Waals surface area contributed by atoms with Crippen molar-refractivity contribution >= 4 is 0 Å². The Bertz CT molecular complexity index is 1030. The molecule has 0 atom stereocenters. The van der Waals surface area contributed by atoms with Crippen LogP contribution in [0.25, 0.3) is 28.3 Å². The first-order valence-electron chi connectivity index (χ1n) is 8.76. The second kappa shape index (κ2) is 7.37. The largest absolute Gasteiger partial charge is 0.496 e. The average molecular weight is 360 g/mol. The topological polar surface area (TPSA) is 65.0 Å². The van der Waals surface area contributed by atoms with Gasteiger partial charge in [-0.3, -0.25) is 10.1 Å². The molecule has 2 heterocycles. The third-order valence-corrected chi connectivity index (χ3v) is 4.21. The molecule has 0 fully saturated rings. The number of hydrogen-bond donors (Lipinski definition) is 1. The maximum absolute atomic E-state index is 5.61. The molecule has 0 bridgehead atoms. The Morgan fingerprint density at radius 2 is 1.93 bits per heavy atom. The van der Waals surface area contributed by atoms with Gasteiger partial charge >= 0.3 is 0 Å². The van der Waals surface area contributed by atoms with Crippen molar-refractivity contribution in [2.45, 2.75) is 6.92 Å². The van der Waals surface area contributed by atoms with Crippen LogP contribution in [0.1, 0.15) is 6.92 Å². The molecule has 0 aliphatic heterocycles. The Balaban J connectivity index is 1.63. The molecule has 4 rings (SSSR count). The van der Waals surface area contributed by atoms with Crippen LogP contribution < -0.4 is 9.47 Å². The van der Waals surface area contributed by atoms with Crippen molar-refractivity contribution in [2.75, 3.05) is 13.7 Å². The minimum atomic E-state index is 0.636. The van der Waals surface area contributed by atoms with Crippen molar-refractivity contribution in [3.8, 4) is 39.8 Å². The highest BCUT2D eigenvalue weighted by Gasteiger charge is 2.13. The molecule has 0 spiro atoms. The quantitative estimate of drug-likeness (QED) is 0.556. The van der Waals surface area contributed by atoms with Crippen molar-refractivity contribution in [3.05, 3.63) is 66.9 Å². The Morgan fingerprint density at radius 3 is 2.67 bits per heavy atom. The summed E-state index contributed by atoms with van der Waals surface area (Å²) in [5, 5.41) is 7.67.